The molecule has 76 valence electrons. The summed E-state index contributed by atoms with van der Waals surface area (Å²) in [6.45, 7) is 1.31. The Labute approximate surface area is 81.3 Å². The number of nitrogens with zero attached hydrogens (tertiary/aromatic N) is 1. The Morgan fingerprint density at radius 3 is 2.50 bits per heavy atom. The Morgan fingerprint density at radius 1 is 1.43 bits per heavy atom. The van der Waals surface area contributed by atoms with Gasteiger partial charge in [-0.3, -0.25) is 4.79 Å². The number of carbonyl (C=O) groups is 1. The van der Waals surface area contributed by atoms with E-state index in [1.807, 2.05) is 0 Å². The van der Waals surface area contributed by atoms with Crippen molar-refractivity contribution in [2.75, 3.05) is 14.2 Å². The van der Waals surface area contributed by atoms with Crippen molar-refractivity contribution in [1.29, 1.82) is 0 Å². The van der Waals surface area contributed by atoms with Gasteiger partial charge >= 0.3 is 0 Å². The molecule has 0 saturated heterocycles. The molecule has 5 nitrogen and oxygen atoms in total. The highest BCUT2D eigenvalue weighted by molar-refractivity contribution is 5.95. The van der Waals surface area contributed by atoms with E-state index >= 15 is 0 Å². The summed E-state index contributed by atoms with van der Waals surface area (Å²) < 4.78 is 9.70. The van der Waals surface area contributed by atoms with E-state index in [9.17, 15) is 9.90 Å². The third-order valence-corrected chi connectivity index (χ3v) is 1.70. The zero-order chi connectivity index (χ0) is 10.7. The van der Waals surface area contributed by atoms with Gasteiger partial charge in [-0.1, -0.05) is 0 Å². The molecule has 1 aromatic rings. The number of ether oxygens (including phenoxy) is 2. The van der Waals surface area contributed by atoms with Gasteiger partial charge in [0.05, 0.1) is 14.2 Å². The van der Waals surface area contributed by atoms with Gasteiger partial charge in [-0.2, -0.15) is 0 Å². The third kappa shape index (κ3) is 1.76. The van der Waals surface area contributed by atoms with Gasteiger partial charge in [-0.15, -0.1) is 0 Å². The minimum atomic E-state index is -0.347. The first-order valence-corrected chi connectivity index (χ1v) is 3.93. The summed E-state index contributed by atoms with van der Waals surface area (Å²) in [5, 5.41) is 9.52. The first-order valence-electron chi connectivity index (χ1n) is 3.93. The molecule has 1 N–H and O–H groups in total. The molecule has 0 aliphatic heterocycles. The monoisotopic (exact) mass is 197 g/mol. The minimum Gasteiger partial charge on any atom is -0.503 e. The van der Waals surface area contributed by atoms with Crippen LogP contribution in [0.3, 0.4) is 0 Å². The molecule has 0 atom stereocenters. The normalized spacial score (nSPS) is 9.64. The van der Waals surface area contributed by atoms with Crippen molar-refractivity contribution in [2.24, 2.45) is 0 Å². The van der Waals surface area contributed by atoms with E-state index in [4.69, 9.17) is 9.47 Å². The van der Waals surface area contributed by atoms with Crippen LogP contribution in [0.4, 0.5) is 0 Å². The fraction of sp³-hybridized carbons (Fsp3) is 0.333. The zero-order valence-corrected chi connectivity index (χ0v) is 8.20. The van der Waals surface area contributed by atoms with Crippen LogP contribution in [-0.2, 0) is 0 Å². The maximum absolute atomic E-state index is 11.1. The Bertz CT molecular complexity index is 362. The second kappa shape index (κ2) is 3.95. The van der Waals surface area contributed by atoms with E-state index in [-0.39, 0.29) is 28.9 Å². The topological polar surface area (TPSA) is 68.7 Å². The molecule has 0 unspecified atom stereocenters. The molecule has 0 spiro atoms. The molecule has 5 heteroatoms. The number of Topliss-reactive ketones (excluding diaryl/α,β-unsaturated/α-hetero) is 1. The second-order valence-corrected chi connectivity index (χ2v) is 2.62. The van der Waals surface area contributed by atoms with Crippen molar-refractivity contribution < 1.29 is 19.4 Å². The summed E-state index contributed by atoms with van der Waals surface area (Å²) in [6, 6.07) is 1.40. The minimum absolute atomic E-state index is 0.0544. The molecule has 0 saturated carbocycles. The molecule has 14 heavy (non-hydrogen) atoms. The quantitative estimate of drug-likeness (QED) is 0.732. The SMILES string of the molecule is COc1cc(OC)c(O)c(C(C)=O)n1. The van der Waals surface area contributed by atoms with Crippen LogP contribution >= 0.6 is 0 Å². The zero-order valence-electron chi connectivity index (χ0n) is 8.20. The molecule has 1 aromatic heterocycles. The van der Waals surface area contributed by atoms with Crippen molar-refractivity contribution in [3.8, 4) is 17.4 Å². The molecule has 0 bridgehead atoms. The highest BCUT2D eigenvalue weighted by atomic mass is 16.5. The number of carbonyl (C=O) groups excluding carboxylic acids is 1. The van der Waals surface area contributed by atoms with Crippen LogP contribution in [-0.4, -0.2) is 30.1 Å². The third-order valence-electron chi connectivity index (χ3n) is 1.70. The summed E-state index contributed by atoms with van der Waals surface area (Å²) in [4.78, 5) is 14.9. The van der Waals surface area contributed by atoms with E-state index in [1.165, 1.54) is 27.2 Å². The lowest BCUT2D eigenvalue weighted by molar-refractivity contribution is 0.100. The van der Waals surface area contributed by atoms with E-state index in [0.29, 0.717) is 0 Å². The lowest BCUT2D eigenvalue weighted by Gasteiger charge is -2.08. The molecule has 0 aliphatic carbocycles. The maximum Gasteiger partial charge on any atom is 0.217 e. The summed E-state index contributed by atoms with van der Waals surface area (Å²) in [7, 11) is 2.81. The predicted octanol–water partition coefficient (Wildman–Crippen LogP) is 1.01. The van der Waals surface area contributed by atoms with E-state index in [2.05, 4.69) is 4.98 Å². The van der Waals surface area contributed by atoms with Crippen LogP contribution in [0.2, 0.25) is 0 Å². The molecule has 0 aliphatic rings. The van der Waals surface area contributed by atoms with E-state index in [0.717, 1.165) is 0 Å². The van der Waals surface area contributed by atoms with Crippen LogP contribution < -0.4 is 9.47 Å². The number of methoxy groups -OCH3 is 2. The molecule has 0 amide bonds. The Kier molecular flexibility index (Phi) is 2.91. The number of aromatic hydroxyl groups is 1. The lowest BCUT2D eigenvalue weighted by atomic mass is 10.2. The number of rotatable bonds is 3. The van der Waals surface area contributed by atoms with Crippen LogP contribution in [0.15, 0.2) is 6.07 Å². The highest BCUT2D eigenvalue weighted by Crippen LogP contribution is 2.31. The van der Waals surface area contributed by atoms with Gasteiger partial charge in [0.1, 0.15) is 0 Å². The molecule has 0 aromatic carbocycles. The van der Waals surface area contributed by atoms with E-state index in [1.54, 1.807) is 0 Å². The number of pyridine rings is 1. The van der Waals surface area contributed by atoms with Gasteiger partial charge < -0.3 is 14.6 Å². The largest absolute Gasteiger partial charge is 0.503 e. The average Bonchev–Trinajstić information content (AvgIpc) is 2.17. The fourth-order valence-electron chi connectivity index (χ4n) is 0.998. The van der Waals surface area contributed by atoms with Crippen LogP contribution in [0.5, 0.6) is 17.4 Å². The van der Waals surface area contributed by atoms with Crippen LogP contribution in [0.1, 0.15) is 17.4 Å². The molecule has 0 fully saturated rings. The number of ketones is 1. The smallest absolute Gasteiger partial charge is 0.217 e. The van der Waals surface area contributed by atoms with E-state index < -0.39 is 0 Å². The summed E-state index contributed by atoms with van der Waals surface area (Å²) in [5.41, 5.74) is -0.0544. The molecule has 0 radical (unpaired) electrons. The van der Waals surface area contributed by atoms with Crippen molar-refractivity contribution in [2.45, 2.75) is 6.92 Å². The van der Waals surface area contributed by atoms with Crippen molar-refractivity contribution >= 4 is 5.78 Å². The number of hydrogen-bond donors (Lipinski definition) is 1. The predicted molar refractivity (Wildman–Crippen MR) is 49.0 cm³/mol. The number of hydrogen-bond acceptors (Lipinski definition) is 5. The van der Waals surface area contributed by atoms with Gasteiger partial charge in [-0.25, -0.2) is 4.98 Å². The van der Waals surface area contributed by atoms with Gasteiger partial charge in [0.15, 0.2) is 23.0 Å². The summed E-state index contributed by atoms with van der Waals surface area (Å²) in [5.74, 6) is -0.215. The van der Waals surface area contributed by atoms with Crippen molar-refractivity contribution in [1.82, 2.24) is 4.98 Å². The molecular formula is C9H11NO4. The first kappa shape index (κ1) is 10.3. The highest BCUT2D eigenvalue weighted by Gasteiger charge is 2.15. The average molecular weight is 197 g/mol. The van der Waals surface area contributed by atoms with Gasteiger partial charge in [0.25, 0.3) is 0 Å². The van der Waals surface area contributed by atoms with Gasteiger partial charge in [-0.05, 0) is 0 Å². The van der Waals surface area contributed by atoms with Crippen molar-refractivity contribution in [3.05, 3.63) is 11.8 Å². The summed E-state index contributed by atoms with van der Waals surface area (Å²) >= 11 is 0. The number of aromatic nitrogens is 1. The Balaban J connectivity index is 3.34. The fourth-order valence-corrected chi connectivity index (χ4v) is 0.998. The van der Waals surface area contributed by atoms with Crippen LogP contribution in [0, 0.1) is 0 Å². The molecular weight excluding hydrogens is 186 g/mol. The maximum atomic E-state index is 11.1. The standard InChI is InChI=1S/C9H11NO4/c1-5(11)8-9(12)6(13-2)4-7(10-8)14-3/h4,12H,1-3H3. The van der Waals surface area contributed by atoms with Crippen LogP contribution in [0.25, 0.3) is 0 Å². The lowest BCUT2D eigenvalue weighted by Crippen LogP contribution is -2.01. The first-order chi connectivity index (χ1) is 6.60. The Hall–Kier alpha value is -1.78. The second-order valence-electron chi connectivity index (χ2n) is 2.62. The summed E-state index contributed by atoms with van der Waals surface area (Å²) in [6.07, 6.45) is 0. The molecule has 1 rings (SSSR count). The van der Waals surface area contributed by atoms with Crippen molar-refractivity contribution in [3.63, 3.8) is 0 Å². The molecule has 1 heterocycles. The van der Waals surface area contributed by atoms with Gasteiger partial charge in [0, 0.05) is 13.0 Å². The van der Waals surface area contributed by atoms with Gasteiger partial charge in [0.2, 0.25) is 5.88 Å². The Morgan fingerprint density at radius 2 is 2.07 bits per heavy atom.